The zero-order chi connectivity index (χ0) is 18.6. The van der Waals surface area contributed by atoms with Crippen LogP contribution in [-0.4, -0.2) is 38.6 Å². The Kier molecular flexibility index (Phi) is 5.05. The van der Waals surface area contributed by atoms with E-state index in [1.54, 1.807) is 0 Å². The molecule has 27 heavy (non-hydrogen) atoms. The molecule has 0 spiro atoms. The largest absolute Gasteiger partial charge is 0.361 e. The monoisotopic (exact) mass is 364 g/mol. The lowest BCUT2D eigenvalue weighted by molar-refractivity contribution is -0.132. The summed E-state index contributed by atoms with van der Waals surface area (Å²) in [6, 6.07) is 12.2. The summed E-state index contributed by atoms with van der Waals surface area (Å²) >= 11 is 0. The van der Waals surface area contributed by atoms with Gasteiger partial charge in [-0.25, -0.2) is 4.98 Å². The molecule has 1 aliphatic rings. The lowest BCUT2D eigenvalue weighted by atomic mass is 9.96. The fraction of sp³-hybridized carbons (Fsp3) is 0.381. The van der Waals surface area contributed by atoms with E-state index in [1.807, 2.05) is 36.4 Å². The molecular formula is C21H24N4O2. The van der Waals surface area contributed by atoms with Crippen molar-refractivity contribution in [1.82, 2.24) is 19.6 Å². The first-order valence-corrected chi connectivity index (χ1v) is 9.44. The Bertz CT molecular complexity index is 900. The van der Waals surface area contributed by atoms with Crippen LogP contribution in [0.3, 0.4) is 0 Å². The van der Waals surface area contributed by atoms with Crippen molar-refractivity contribution in [3.8, 4) is 0 Å². The van der Waals surface area contributed by atoms with E-state index in [1.165, 1.54) is 5.56 Å². The Morgan fingerprint density at radius 3 is 2.93 bits per heavy atom. The minimum Gasteiger partial charge on any atom is -0.361 e. The Morgan fingerprint density at radius 1 is 1.30 bits per heavy atom. The molecule has 1 atom stereocenters. The van der Waals surface area contributed by atoms with Crippen LogP contribution in [0.5, 0.6) is 0 Å². The molecule has 3 aromatic rings. The second kappa shape index (κ2) is 7.78. The normalized spacial score (nSPS) is 17.2. The molecule has 0 N–H and O–H groups in total. The van der Waals surface area contributed by atoms with E-state index in [0.29, 0.717) is 12.3 Å². The molecule has 1 fully saturated rings. The van der Waals surface area contributed by atoms with Crippen LogP contribution >= 0.6 is 0 Å². The summed E-state index contributed by atoms with van der Waals surface area (Å²) in [6.07, 6.45) is 6.20. The van der Waals surface area contributed by atoms with Gasteiger partial charge in [-0.05, 0) is 25.3 Å². The van der Waals surface area contributed by atoms with Crippen LogP contribution in [-0.2, 0) is 17.8 Å². The predicted molar refractivity (Wildman–Crippen MR) is 101 cm³/mol. The fourth-order valence-corrected chi connectivity index (χ4v) is 3.77. The Hall–Kier alpha value is -2.89. The summed E-state index contributed by atoms with van der Waals surface area (Å²) in [5.74, 6) is 2.05. The number of amides is 1. The molecule has 1 saturated heterocycles. The molecule has 6 nitrogen and oxygen atoms in total. The van der Waals surface area contributed by atoms with Crippen LogP contribution in [0.4, 0.5) is 0 Å². The van der Waals surface area contributed by atoms with Gasteiger partial charge in [-0.15, -0.1) is 0 Å². The van der Waals surface area contributed by atoms with E-state index in [0.717, 1.165) is 37.4 Å². The third-order valence-corrected chi connectivity index (χ3v) is 5.08. The highest BCUT2D eigenvalue weighted by Crippen LogP contribution is 2.27. The van der Waals surface area contributed by atoms with Crippen molar-refractivity contribution in [2.24, 2.45) is 0 Å². The number of nitrogens with zero attached hydrogens (tertiary/aromatic N) is 4. The SMILES string of the molecule is Cc1cc(CC(=O)N2CCC[C@@H](c3nccn3Cc3ccccc3)C2)on1. The number of benzene rings is 1. The standard InChI is InChI=1S/C21H24N4O2/c1-16-12-19(27-23-16)13-20(26)24-10-5-8-18(15-24)21-22-9-11-25(21)14-17-6-3-2-4-7-17/h2-4,6-7,9,11-12,18H,5,8,10,13-15H2,1H3/t18-/m1/s1. The minimum absolute atomic E-state index is 0.0945. The van der Waals surface area contributed by atoms with Gasteiger partial charge in [0.15, 0.2) is 0 Å². The molecule has 1 aromatic carbocycles. The lowest BCUT2D eigenvalue weighted by Crippen LogP contribution is -2.40. The van der Waals surface area contributed by atoms with Gasteiger partial charge in [0.2, 0.25) is 5.91 Å². The number of carbonyl (C=O) groups excluding carboxylic acids is 1. The smallest absolute Gasteiger partial charge is 0.230 e. The van der Waals surface area contributed by atoms with Gasteiger partial charge in [-0.3, -0.25) is 4.79 Å². The molecule has 140 valence electrons. The zero-order valence-corrected chi connectivity index (χ0v) is 15.5. The first kappa shape index (κ1) is 17.5. The van der Waals surface area contributed by atoms with Crippen molar-refractivity contribution < 1.29 is 9.32 Å². The second-order valence-electron chi connectivity index (χ2n) is 7.19. The summed E-state index contributed by atoms with van der Waals surface area (Å²) in [5.41, 5.74) is 2.05. The van der Waals surface area contributed by atoms with Gasteiger partial charge in [-0.2, -0.15) is 0 Å². The highest BCUT2D eigenvalue weighted by Gasteiger charge is 2.28. The summed E-state index contributed by atoms with van der Waals surface area (Å²) in [5, 5.41) is 3.86. The fourth-order valence-electron chi connectivity index (χ4n) is 3.77. The van der Waals surface area contributed by atoms with Gasteiger partial charge >= 0.3 is 0 Å². The number of hydrogen-bond acceptors (Lipinski definition) is 4. The molecule has 3 heterocycles. The maximum absolute atomic E-state index is 12.7. The van der Waals surface area contributed by atoms with Crippen molar-refractivity contribution in [3.63, 3.8) is 0 Å². The number of imidazole rings is 1. The van der Waals surface area contributed by atoms with Crippen molar-refractivity contribution in [2.75, 3.05) is 13.1 Å². The van der Waals surface area contributed by atoms with Gasteiger partial charge < -0.3 is 14.0 Å². The number of carbonyl (C=O) groups is 1. The Morgan fingerprint density at radius 2 is 2.15 bits per heavy atom. The molecule has 0 aliphatic carbocycles. The highest BCUT2D eigenvalue weighted by molar-refractivity contribution is 5.78. The molecule has 1 aliphatic heterocycles. The first-order valence-electron chi connectivity index (χ1n) is 9.44. The van der Waals surface area contributed by atoms with E-state index < -0.39 is 0 Å². The molecule has 4 rings (SSSR count). The van der Waals surface area contributed by atoms with Crippen LogP contribution in [0.2, 0.25) is 0 Å². The number of piperidine rings is 1. The van der Waals surface area contributed by atoms with E-state index in [2.05, 4.69) is 39.0 Å². The quantitative estimate of drug-likeness (QED) is 0.697. The van der Waals surface area contributed by atoms with E-state index in [9.17, 15) is 4.79 Å². The average molecular weight is 364 g/mol. The molecule has 0 saturated carbocycles. The average Bonchev–Trinajstić information content (AvgIpc) is 3.31. The lowest BCUT2D eigenvalue weighted by Gasteiger charge is -2.32. The summed E-state index contributed by atoms with van der Waals surface area (Å²) < 4.78 is 7.40. The van der Waals surface area contributed by atoms with Crippen molar-refractivity contribution in [1.29, 1.82) is 0 Å². The number of likely N-dealkylation sites (tertiary alicyclic amines) is 1. The van der Waals surface area contributed by atoms with Gasteiger partial charge in [0, 0.05) is 44.0 Å². The maximum atomic E-state index is 12.7. The van der Waals surface area contributed by atoms with Crippen LogP contribution < -0.4 is 0 Å². The Balaban J connectivity index is 1.44. The zero-order valence-electron chi connectivity index (χ0n) is 15.5. The van der Waals surface area contributed by atoms with Crippen molar-refractivity contribution in [3.05, 3.63) is 71.6 Å². The van der Waals surface area contributed by atoms with Crippen molar-refractivity contribution >= 4 is 5.91 Å². The van der Waals surface area contributed by atoms with Gasteiger partial charge in [0.25, 0.3) is 0 Å². The van der Waals surface area contributed by atoms with Crippen molar-refractivity contribution in [2.45, 2.75) is 38.6 Å². The molecule has 0 bridgehead atoms. The molecule has 2 aromatic heterocycles. The minimum atomic E-state index is 0.0945. The first-order chi connectivity index (χ1) is 13.2. The second-order valence-corrected chi connectivity index (χ2v) is 7.19. The number of aryl methyl sites for hydroxylation is 1. The third-order valence-electron chi connectivity index (χ3n) is 5.08. The molecule has 0 radical (unpaired) electrons. The summed E-state index contributed by atoms with van der Waals surface area (Å²) in [7, 11) is 0. The van der Waals surface area contributed by atoms with Crippen LogP contribution in [0, 0.1) is 6.92 Å². The molecule has 1 amide bonds. The van der Waals surface area contributed by atoms with Crippen LogP contribution in [0.25, 0.3) is 0 Å². The topological polar surface area (TPSA) is 64.2 Å². The van der Waals surface area contributed by atoms with E-state index in [-0.39, 0.29) is 18.2 Å². The van der Waals surface area contributed by atoms with E-state index >= 15 is 0 Å². The third kappa shape index (κ3) is 4.10. The van der Waals surface area contributed by atoms with Crippen LogP contribution in [0.15, 0.2) is 53.3 Å². The number of hydrogen-bond donors (Lipinski definition) is 0. The summed E-state index contributed by atoms with van der Waals surface area (Å²) in [4.78, 5) is 19.2. The summed E-state index contributed by atoms with van der Waals surface area (Å²) in [6.45, 7) is 4.17. The molecular weight excluding hydrogens is 340 g/mol. The number of aromatic nitrogens is 3. The Labute approximate surface area is 158 Å². The molecule has 6 heteroatoms. The van der Waals surface area contributed by atoms with Crippen LogP contribution in [0.1, 0.15) is 41.6 Å². The molecule has 0 unspecified atom stereocenters. The van der Waals surface area contributed by atoms with Gasteiger partial charge in [0.05, 0.1) is 12.1 Å². The predicted octanol–water partition coefficient (Wildman–Crippen LogP) is 3.18. The van der Waals surface area contributed by atoms with Gasteiger partial charge in [0.1, 0.15) is 11.6 Å². The van der Waals surface area contributed by atoms with E-state index in [4.69, 9.17) is 4.52 Å². The van der Waals surface area contributed by atoms with Gasteiger partial charge in [-0.1, -0.05) is 35.5 Å². The maximum Gasteiger partial charge on any atom is 0.230 e. The number of rotatable bonds is 5. The highest BCUT2D eigenvalue weighted by atomic mass is 16.5.